The Kier molecular flexibility index (Phi) is 6.24. The second-order valence-electron chi connectivity index (χ2n) is 6.47. The second-order valence-corrected chi connectivity index (χ2v) is 6.47. The summed E-state index contributed by atoms with van der Waals surface area (Å²) in [5.41, 5.74) is 3.07. The Morgan fingerprint density at radius 1 is 0.966 bits per heavy atom. The lowest BCUT2D eigenvalue weighted by atomic mass is 10.1. The standard InChI is InChI=1S/C23H21FN2O3/c1-15-13-17(22(27)25-2)9-12-20(15)26-23(28)19-5-3-4-6-21(19)29-14-16-7-10-18(24)11-8-16/h3-13H,14H2,1-2H3,(H,25,27)(H,26,28). The molecular formula is C23H21FN2O3. The zero-order chi connectivity index (χ0) is 20.8. The van der Waals surface area contributed by atoms with Crippen molar-refractivity contribution >= 4 is 17.5 Å². The first-order valence-corrected chi connectivity index (χ1v) is 9.08. The molecular weight excluding hydrogens is 371 g/mol. The number of carbonyl (C=O) groups is 2. The minimum atomic E-state index is -0.324. The van der Waals surface area contributed by atoms with E-state index >= 15 is 0 Å². The minimum absolute atomic E-state index is 0.189. The van der Waals surface area contributed by atoms with E-state index in [-0.39, 0.29) is 24.2 Å². The van der Waals surface area contributed by atoms with Gasteiger partial charge >= 0.3 is 0 Å². The summed E-state index contributed by atoms with van der Waals surface area (Å²) in [6.07, 6.45) is 0. The first-order chi connectivity index (χ1) is 14.0. The number of nitrogens with one attached hydrogen (secondary N) is 2. The lowest BCUT2D eigenvalue weighted by Crippen LogP contribution is -2.18. The second kappa shape index (κ2) is 9.01. The summed E-state index contributed by atoms with van der Waals surface area (Å²) >= 11 is 0. The van der Waals surface area contributed by atoms with Crippen LogP contribution in [0.5, 0.6) is 5.75 Å². The first-order valence-electron chi connectivity index (χ1n) is 9.08. The van der Waals surface area contributed by atoms with E-state index in [2.05, 4.69) is 10.6 Å². The van der Waals surface area contributed by atoms with Gasteiger partial charge in [0.05, 0.1) is 5.56 Å². The molecule has 2 N–H and O–H groups in total. The first kappa shape index (κ1) is 20.1. The molecule has 0 heterocycles. The Balaban J connectivity index is 1.74. The Hall–Kier alpha value is -3.67. The third kappa shape index (κ3) is 4.99. The van der Waals surface area contributed by atoms with Crippen molar-refractivity contribution < 1.29 is 18.7 Å². The van der Waals surface area contributed by atoms with Gasteiger partial charge in [-0.3, -0.25) is 9.59 Å². The van der Waals surface area contributed by atoms with Crippen molar-refractivity contribution in [3.63, 3.8) is 0 Å². The van der Waals surface area contributed by atoms with Gasteiger partial charge in [0.2, 0.25) is 0 Å². The molecule has 0 bridgehead atoms. The summed E-state index contributed by atoms with van der Waals surface area (Å²) in [5.74, 6) is -0.402. The van der Waals surface area contributed by atoms with Crippen molar-refractivity contribution in [1.82, 2.24) is 5.32 Å². The van der Waals surface area contributed by atoms with E-state index < -0.39 is 0 Å². The number of rotatable bonds is 6. The van der Waals surface area contributed by atoms with Crippen LogP contribution in [-0.2, 0) is 6.61 Å². The average molecular weight is 392 g/mol. The van der Waals surface area contributed by atoms with Crippen LogP contribution in [0.25, 0.3) is 0 Å². The van der Waals surface area contributed by atoms with Crippen molar-refractivity contribution in [2.45, 2.75) is 13.5 Å². The molecule has 3 aromatic rings. The molecule has 0 aliphatic heterocycles. The summed E-state index contributed by atoms with van der Waals surface area (Å²) in [4.78, 5) is 24.5. The van der Waals surface area contributed by atoms with Crippen molar-refractivity contribution in [2.75, 3.05) is 12.4 Å². The van der Waals surface area contributed by atoms with Crippen molar-refractivity contribution in [2.24, 2.45) is 0 Å². The van der Waals surface area contributed by atoms with Crippen LogP contribution in [0.1, 0.15) is 31.8 Å². The van der Waals surface area contributed by atoms with Crippen LogP contribution >= 0.6 is 0 Å². The van der Waals surface area contributed by atoms with E-state index in [1.165, 1.54) is 12.1 Å². The molecule has 0 saturated carbocycles. The normalized spacial score (nSPS) is 10.3. The summed E-state index contributed by atoms with van der Waals surface area (Å²) in [6, 6.07) is 18.0. The molecule has 0 atom stereocenters. The van der Waals surface area contributed by atoms with Crippen molar-refractivity contribution in [3.8, 4) is 5.75 Å². The highest BCUT2D eigenvalue weighted by Gasteiger charge is 2.14. The van der Waals surface area contributed by atoms with Crippen LogP contribution in [0.15, 0.2) is 66.7 Å². The largest absolute Gasteiger partial charge is 0.488 e. The van der Waals surface area contributed by atoms with E-state index in [9.17, 15) is 14.0 Å². The Labute approximate surface area is 168 Å². The average Bonchev–Trinajstić information content (AvgIpc) is 2.74. The summed E-state index contributed by atoms with van der Waals surface area (Å²) in [5, 5.41) is 5.43. The fourth-order valence-electron chi connectivity index (χ4n) is 2.80. The Morgan fingerprint density at radius 3 is 2.38 bits per heavy atom. The molecule has 0 aliphatic rings. The van der Waals surface area contributed by atoms with E-state index in [4.69, 9.17) is 4.74 Å². The number of anilines is 1. The minimum Gasteiger partial charge on any atom is -0.488 e. The van der Waals surface area contributed by atoms with Gasteiger partial charge in [0, 0.05) is 18.3 Å². The topological polar surface area (TPSA) is 67.4 Å². The van der Waals surface area contributed by atoms with Crippen LogP contribution in [0.2, 0.25) is 0 Å². The van der Waals surface area contributed by atoms with Gasteiger partial charge in [-0.1, -0.05) is 24.3 Å². The van der Waals surface area contributed by atoms with Gasteiger partial charge in [0.15, 0.2) is 0 Å². The third-order valence-electron chi connectivity index (χ3n) is 4.40. The lowest BCUT2D eigenvalue weighted by Gasteiger charge is -2.13. The molecule has 148 valence electrons. The predicted molar refractivity (Wildman–Crippen MR) is 110 cm³/mol. The van der Waals surface area contributed by atoms with Crippen molar-refractivity contribution in [3.05, 3.63) is 94.8 Å². The number of hydrogen-bond donors (Lipinski definition) is 2. The van der Waals surface area contributed by atoms with Gasteiger partial charge < -0.3 is 15.4 Å². The molecule has 3 rings (SSSR count). The molecule has 5 nitrogen and oxygen atoms in total. The molecule has 2 amide bonds. The Morgan fingerprint density at radius 2 is 1.69 bits per heavy atom. The highest BCUT2D eigenvalue weighted by Crippen LogP contribution is 2.23. The lowest BCUT2D eigenvalue weighted by molar-refractivity contribution is 0.0962. The van der Waals surface area contributed by atoms with Gasteiger partial charge in [0.1, 0.15) is 18.2 Å². The third-order valence-corrected chi connectivity index (χ3v) is 4.40. The number of para-hydroxylation sites is 1. The fourth-order valence-corrected chi connectivity index (χ4v) is 2.80. The van der Waals surface area contributed by atoms with Gasteiger partial charge in [-0.2, -0.15) is 0 Å². The molecule has 6 heteroatoms. The van der Waals surface area contributed by atoms with Crippen LogP contribution in [-0.4, -0.2) is 18.9 Å². The summed E-state index contributed by atoms with van der Waals surface area (Å²) in [7, 11) is 1.57. The van der Waals surface area contributed by atoms with Crippen LogP contribution in [0, 0.1) is 12.7 Å². The molecule has 3 aromatic carbocycles. The van der Waals surface area contributed by atoms with Gasteiger partial charge in [-0.15, -0.1) is 0 Å². The van der Waals surface area contributed by atoms with E-state index in [1.807, 2.05) is 6.92 Å². The molecule has 0 fully saturated rings. The molecule has 29 heavy (non-hydrogen) atoms. The quantitative estimate of drug-likeness (QED) is 0.656. The van der Waals surface area contributed by atoms with E-state index in [1.54, 1.807) is 61.6 Å². The predicted octanol–water partition coefficient (Wildman–Crippen LogP) is 4.33. The molecule has 0 aromatic heterocycles. The van der Waals surface area contributed by atoms with Crippen molar-refractivity contribution in [1.29, 1.82) is 0 Å². The monoisotopic (exact) mass is 392 g/mol. The number of halogens is 1. The zero-order valence-electron chi connectivity index (χ0n) is 16.2. The van der Waals surface area contributed by atoms with Crippen LogP contribution < -0.4 is 15.4 Å². The van der Waals surface area contributed by atoms with Crippen LogP contribution in [0.3, 0.4) is 0 Å². The van der Waals surface area contributed by atoms with Gasteiger partial charge in [0.25, 0.3) is 11.8 Å². The molecule has 0 aliphatic carbocycles. The number of amides is 2. The highest BCUT2D eigenvalue weighted by molar-refractivity contribution is 6.06. The Bertz CT molecular complexity index is 1030. The summed E-state index contributed by atoms with van der Waals surface area (Å²) < 4.78 is 18.8. The fraction of sp³-hybridized carbons (Fsp3) is 0.130. The maximum atomic E-state index is 13.0. The maximum Gasteiger partial charge on any atom is 0.259 e. The SMILES string of the molecule is CNC(=O)c1ccc(NC(=O)c2ccccc2OCc2ccc(F)cc2)c(C)c1. The molecule has 0 saturated heterocycles. The van der Waals surface area contributed by atoms with Gasteiger partial charge in [-0.25, -0.2) is 4.39 Å². The van der Waals surface area contributed by atoms with Crippen LogP contribution in [0.4, 0.5) is 10.1 Å². The van der Waals surface area contributed by atoms with E-state index in [0.717, 1.165) is 11.1 Å². The number of aryl methyl sites for hydroxylation is 1. The highest BCUT2D eigenvalue weighted by atomic mass is 19.1. The number of benzene rings is 3. The number of carbonyl (C=O) groups excluding carboxylic acids is 2. The van der Waals surface area contributed by atoms with E-state index in [0.29, 0.717) is 22.6 Å². The molecule has 0 spiro atoms. The zero-order valence-corrected chi connectivity index (χ0v) is 16.2. The maximum absolute atomic E-state index is 13.0. The summed E-state index contributed by atoms with van der Waals surface area (Å²) in [6.45, 7) is 2.03. The smallest absolute Gasteiger partial charge is 0.259 e. The molecule has 0 radical (unpaired) electrons. The number of ether oxygens (including phenoxy) is 1. The molecule has 0 unspecified atom stereocenters. The van der Waals surface area contributed by atoms with Gasteiger partial charge in [-0.05, 0) is 60.5 Å². The number of hydrogen-bond acceptors (Lipinski definition) is 3.